The van der Waals surface area contributed by atoms with Gasteiger partial charge in [0.1, 0.15) is 25.3 Å². The summed E-state index contributed by atoms with van der Waals surface area (Å²) in [6, 6.07) is 48.1. The molecule has 0 fully saturated rings. The van der Waals surface area contributed by atoms with Gasteiger partial charge in [0.05, 0.1) is 12.6 Å². The number of carbonyl (C=O) groups is 4. The summed E-state index contributed by atoms with van der Waals surface area (Å²) in [5.41, 5.74) is 10.4. The molecule has 0 aromatic heterocycles. The average molecular weight is 843 g/mol. The Balaban J connectivity index is 0.867. The quantitative estimate of drug-likeness (QED) is 0.0647. The smallest absolute Gasteiger partial charge is 0.407 e. The summed E-state index contributed by atoms with van der Waals surface area (Å²) >= 11 is 0. The monoisotopic (exact) mass is 842 g/mol. The zero-order valence-corrected chi connectivity index (χ0v) is 34.7. The van der Waals surface area contributed by atoms with Gasteiger partial charge >= 0.3 is 12.2 Å². The van der Waals surface area contributed by atoms with Gasteiger partial charge in [-0.3, -0.25) is 9.59 Å². The number of carbonyl (C=O) groups excluding carboxylic acids is 4. The number of amides is 4. The van der Waals surface area contributed by atoms with Gasteiger partial charge in [0, 0.05) is 31.2 Å². The lowest BCUT2D eigenvalue weighted by Gasteiger charge is -2.24. The van der Waals surface area contributed by atoms with Crippen LogP contribution in [0.5, 0.6) is 0 Å². The molecule has 0 spiro atoms. The van der Waals surface area contributed by atoms with E-state index >= 15 is 0 Å². The van der Waals surface area contributed by atoms with Gasteiger partial charge < -0.3 is 35.8 Å². The fourth-order valence-electron chi connectivity index (χ4n) is 8.69. The lowest BCUT2D eigenvalue weighted by molar-refractivity contribution is -0.124. The number of fused-ring (bicyclic) bond motifs is 6. The largest absolute Gasteiger partial charge is 0.449 e. The first-order valence-electron chi connectivity index (χ1n) is 21.4. The van der Waals surface area contributed by atoms with Crippen LogP contribution in [0.25, 0.3) is 22.3 Å². The highest BCUT2D eigenvalue weighted by Crippen LogP contribution is 2.45. The van der Waals surface area contributed by atoms with Gasteiger partial charge in [-0.25, -0.2) is 9.59 Å². The lowest BCUT2D eigenvalue weighted by atomic mass is 9.98. The van der Waals surface area contributed by atoms with Gasteiger partial charge in [0.25, 0.3) is 0 Å². The Kier molecular flexibility index (Phi) is 13.5. The third-order valence-electron chi connectivity index (χ3n) is 11.8. The van der Waals surface area contributed by atoms with Gasteiger partial charge in [-0.1, -0.05) is 158 Å². The zero-order valence-electron chi connectivity index (χ0n) is 34.7. The highest BCUT2D eigenvalue weighted by Gasteiger charge is 2.32. The first-order valence-corrected chi connectivity index (χ1v) is 21.4. The van der Waals surface area contributed by atoms with Crippen LogP contribution in [0.4, 0.5) is 9.59 Å². The molecule has 0 heterocycles. The second kappa shape index (κ2) is 20.1. The molecule has 11 heteroatoms. The fraction of sp³-hybridized carbons (Fsp3) is 0.231. The van der Waals surface area contributed by atoms with E-state index in [1.54, 1.807) is 0 Å². The number of rotatable bonds is 17. The summed E-state index contributed by atoms with van der Waals surface area (Å²) in [5.74, 6) is -1.26. The summed E-state index contributed by atoms with van der Waals surface area (Å²) in [5, 5.41) is 21.6. The van der Waals surface area contributed by atoms with Gasteiger partial charge in [-0.15, -0.1) is 0 Å². The standard InChI is InChI=1S/C52H50N4O7/c57-31-36(54-50(59)48(30-35-17-5-2-6-18-35)56-52(61)63-33-46-43-25-13-9-21-39(43)40-22-10-14-26-44(40)46)27-28-53-49(58)47(29-34-15-3-1-4-16-34)55-51(60)62-32-45-41-23-11-7-19-37(41)38-20-8-12-24-42(38)45/h1-26,36,45-48,57H,27-33H2,(H,53,58)(H,54,59)(H,55,60)(H,56,61)/t36?,47-,48-/m0/s1. The van der Waals surface area contributed by atoms with Crippen molar-refractivity contribution in [1.82, 2.24) is 21.3 Å². The summed E-state index contributed by atoms with van der Waals surface area (Å²) in [7, 11) is 0. The van der Waals surface area contributed by atoms with Crippen molar-refractivity contribution in [2.75, 3.05) is 26.4 Å². The number of aliphatic hydroxyl groups excluding tert-OH is 1. The van der Waals surface area contributed by atoms with E-state index in [0.29, 0.717) is 0 Å². The van der Waals surface area contributed by atoms with Gasteiger partial charge in [-0.2, -0.15) is 0 Å². The highest BCUT2D eigenvalue weighted by molar-refractivity contribution is 5.87. The molecule has 2 aliphatic rings. The summed E-state index contributed by atoms with van der Waals surface area (Å²) in [6.07, 6.45) is -0.912. The normalized spacial score (nSPS) is 13.9. The molecule has 8 rings (SSSR count). The van der Waals surface area contributed by atoms with Crippen LogP contribution in [-0.2, 0) is 31.9 Å². The molecule has 11 nitrogen and oxygen atoms in total. The third kappa shape index (κ3) is 10.1. The van der Waals surface area contributed by atoms with Crippen molar-refractivity contribution in [1.29, 1.82) is 0 Å². The number of hydrogen-bond donors (Lipinski definition) is 5. The molecular weight excluding hydrogens is 793 g/mol. The van der Waals surface area contributed by atoms with E-state index in [0.717, 1.165) is 55.6 Å². The van der Waals surface area contributed by atoms with E-state index < -0.39 is 48.7 Å². The predicted octanol–water partition coefficient (Wildman–Crippen LogP) is 7.27. The SMILES string of the molecule is O=C(N[C@@H](Cc1ccccc1)C(=O)NCCC(CO)NC(=O)[C@H](Cc1ccccc1)NC(=O)OCC1c2ccccc2-c2ccccc21)OCC1c2ccccc2-c2ccccc21. The third-order valence-corrected chi connectivity index (χ3v) is 11.8. The summed E-state index contributed by atoms with van der Waals surface area (Å²) < 4.78 is 11.6. The van der Waals surface area contributed by atoms with E-state index in [2.05, 4.69) is 45.5 Å². The van der Waals surface area contributed by atoms with Gasteiger partial charge in [0.15, 0.2) is 0 Å². The van der Waals surface area contributed by atoms with E-state index in [-0.39, 0.29) is 50.9 Å². The molecule has 5 N–H and O–H groups in total. The van der Waals surface area contributed by atoms with Gasteiger partial charge in [0.2, 0.25) is 11.8 Å². The maximum atomic E-state index is 13.8. The summed E-state index contributed by atoms with van der Waals surface area (Å²) in [6.45, 7) is -0.167. The van der Waals surface area contributed by atoms with Crippen LogP contribution < -0.4 is 21.3 Å². The maximum Gasteiger partial charge on any atom is 0.407 e. The van der Waals surface area contributed by atoms with Crippen molar-refractivity contribution < 1.29 is 33.8 Å². The number of aliphatic hydroxyl groups is 1. The molecule has 6 aromatic carbocycles. The molecule has 0 bridgehead atoms. The molecule has 3 atom stereocenters. The lowest BCUT2D eigenvalue weighted by Crippen LogP contribution is -2.52. The first-order chi connectivity index (χ1) is 30.9. The highest BCUT2D eigenvalue weighted by atomic mass is 16.6. The van der Waals surface area contributed by atoms with Crippen LogP contribution in [0.3, 0.4) is 0 Å². The molecule has 0 aliphatic heterocycles. The summed E-state index contributed by atoms with van der Waals surface area (Å²) in [4.78, 5) is 54.2. The Bertz CT molecular complexity index is 2460. The van der Waals surface area contributed by atoms with Crippen LogP contribution in [0.1, 0.15) is 51.6 Å². The Hall–Kier alpha value is -7.24. The molecule has 0 saturated heterocycles. The second-order valence-electron chi connectivity index (χ2n) is 15.9. The minimum atomic E-state index is -1.02. The molecule has 0 radical (unpaired) electrons. The zero-order chi connectivity index (χ0) is 43.5. The van der Waals surface area contributed by atoms with Crippen LogP contribution in [-0.4, -0.2) is 73.6 Å². The predicted molar refractivity (Wildman–Crippen MR) is 241 cm³/mol. The Morgan fingerprint density at radius 1 is 0.476 bits per heavy atom. The Labute approximate surface area is 366 Å². The topological polar surface area (TPSA) is 155 Å². The molecular formula is C52H50N4O7. The van der Waals surface area contributed by atoms with Crippen molar-refractivity contribution in [3.05, 3.63) is 191 Å². The second-order valence-corrected chi connectivity index (χ2v) is 15.9. The molecule has 63 heavy (non-hydrogen) atoms. The van der Waals surface area contributed by atoms with Crippen molar-refractivity contribution in [2.24, 2.45) is 0 Å². The number of benzene rings is 6. The van der Waals surface area contributed by atoms with E-state index in [9.17, 15) is 24.3 Å². The number of hydrogen-bond acceptors (Lipinski definition) is 7. The Morgan fingerprint density at radius 2 is 0.841 bits per heavy atom. The van der Waals surface area contributed by atoms with Crippen molar-refractivity contribution in [3.63, 3.8) is 0 Å². The van der Waals surface area contributed by atoms with E-state index in [1.165, 1.54) is 0 Å². The minimum absolute atomic E-state index is 0.0746. The molecule has 6 aromatic rings. The molecule has 320 valence electrons. The fourth-order valence-corrected chi connectivity index (χ4v) is 8.69. The van der Waals surface area contributed by atoms with Crippen LogP contribution >= 0.6 is 0 Å². The molecule has 2 aliphatic carbocycles. The van der Waals surface area contributed by atoms with Crippen LogP contribution in [0, 0.1) is 0 Å². The molecule has 4 amide bonds. The van der Waals surface area contributed by atoms with Gasteiger partial charge in [-0.05, 0) is 62.1 Å². The number of ether oxygens (including phenoxy) is 2. The number of nitrogens with one attached hydrogen (secondary N) is 4. The number of alkyl carbamates (subject to hydrolysis) is 2. The first kappa shape index (κ1) is 42.5. The average Bonchev–Trinajstić information content (AvgIpc) is 3.82. The van der Waals surface area contributed by atoms with E-state index in [1.807, 2.05) is 133 Å². The van der Waals surface area contributed by atoms with Crippen molar-refractivity contribution in [3.8, 4) is 22.3 Å². The van der Waals surface area contributed by atoms with E-state index in [4.69, 9.17) is 9.47 Å². The van der Waals surface area contributed by atoms with Crippen molar-refractivity contribution >= 4 is 24.0 Å². The van der Waals surface area contributed by atoms with Crippen LogP contribution in [0.2, 0.25) is 0 Å². The molecule has 0 saturated carbocycles. The Morgan fingerprint density at radius 3 is 1.24 bits per heavy atom. The van der Waals surface area contributed by atoms with Crippen LogP contribution in [0.15, 0.2) is 158 Å². The van der Waals surface area contributed by atoms with Crippen molar-refractivity contribution in [2.45, 2.75) is 49.2 Å². The minimum Gasteiger partial charge on any atom is -0.449 e. The molecule has 1 unspecified atom stereocenters. The maximum absolute atomic E-state index is 13.8.